The molecule has 2 rings (SSSR count). The van der Waals surface area contributed by atoms with Gasteiger partial charge in [0.2, 0.25) is 5.95 Å². The Balaban J connectivity index is 2.44. The minimum atomic E-state index is -0.606. The van der Waals surface area contributed by atoms with Crippen molar-refractivity contribution in [3.05, 3.63) is 18.1 Å². The number of halogens is 1. The largest absolute Gasteiger partial charge is 0.391 e. The Morgan fingerprint density at radius 1 is 1.45 bits per heavy atom. The summed E-state index contributed by atoms with van der Waals surface area (Å²) in [5.41, 5.74) is 5.87. The first-order chi connectivity index (χ1) is 10.4. The summed E-state index contributed by atoms with van der Waals surface area (Å²) in [5.74, 6) is -0.0475. The average Bonchev–Trinajstić information content (AvgIpc) is 2.44. The summed E-state index contributed by atoms with van der Waals surface area (Å²) >= 11 is 0. The number of nitrogens with one attached hydrogen (secondary N) is 1. The number of nitrogens with two attached hydrogens (primary N) is 1. The molecule has 2 aromatic rings. The number of anilines is 2. The topological polar surface area (TPSA) is 97.0 Å². The van der Waals surface area contributed by atoms with Crippen molar-refractivity contribution in [1.82, 2.24) is 15.0 Å². The van der Waals surface area contributed by atoms with Crippen LogP contribution in [0.4, 0.5) is 16.2 Å². The predicted molar refractivity (Wildman–Crippen MR) is 84.9 cm³/mol. The lowest BCUT2D eigenvalue weighted by molar-refractivity contribution is 0.116. The van der Waals surface area contributed by atoms with E-state index in [4.69, 9.17) is 5.73 Å². The van der Waals surface area contributed by atoms with Crippen LogP contribution in [0.5, 0.6) is 0 Å². The summed E-state index contributed by atoms with van der Waals surface area (Å²) in [7, 11) is 0. The summed E-state index contributed by atoms with van der Waals surface area (Å²) < 4.78 is 13.3. The summed E-state index contributed by atoms with van der Waals surface area (Å²) in [6.07, 6.45) is 3.23. The highest BCUT2D eigenvalue weighted by Gasteiger charge is 2.30. The summed E-state index contributed by atoms with van der Waals surface area (Å²) in [4.78, 5) is 12.2. The molecule has 4 N–H and O–H groups in total. The van der Waals surface area contributed by atoms with Crippen LogP contribution in [0.3, 0.4) is 0 Å². The molecule has 0 fully saturated rings. The second kappa shape index (κ2) is 6.39. The monoisotopic (exact) mass is 307 g/mol. The number of nitrogen functional groups attached to an aromatic ring is 1. The molecule has 0 aliphatic carbocycles. The summed E-state index contributed by atoms with van der Waals surface area (Å²) in [6.45, 7) is 5.73. The number of hydrogen-bond acceptors (Lipinski definition) is 6. The fraction of sp³-hybridized carbons (Fsp3) is 0.533. The minimum absolute atomic E-state index is 0.0332. The van der Waals surface area contributed by atoms with Crippen molar-refractivity contribution in [3.8, 4) is 0 Å². The van der Waals surface area contributed by atoms with Crippen LogP contribution in [0, 0.1) is 5.82 Å². The number of aromatic nitrogens is 3. The molecule has 0 spiro atoms. The third kappa shape index (κ3) is 3.41. The van der Waals surface area contributed by atoms with Crippen LogP contribution >= 0.6 is 0 Å². The van der Waals surface area contributed by atoms with E-state index in [1.54, 1.807) is 6.92 Å². The van der Waals surface area contributed by atoms with Gasteiger partial charge in [0.05, 0.1) is 23.4 Å². The quantitative estimate of drug-likeness (QED) is 0.758. The van der Waals surface area contributed by atoms with Gasteiger partial charge in [0.15, 0.2) is 5.82 Å². The predicted octanol–water partition coefficient (Wildman–Crippen LogP) is 2.49. The molecule has 0 saturated heterocycles. The Labute approximate surface area is 129 Å². The van der Waals surface area contributed by atoms with E-state index in [2.05, 4.69) is 27.2 Å². The van der Waals surface area contributed by atoms with E-state index in [-0.39, 0.29) is 5.95 Å². The Morgan fingerprint density at radius 2 is 2.18 bits per heavy atom. The highest BCUT2D eigenvalue weighted by molar-refractivity contribution is 5.86. The van der Waals surface area contributed by atoms with E-state index in [0.29, 0.717) is 16.9 Å². The van der Waals surface area contributed by atoms with E-state index < -0.39 is 17.5 Å². The molecule has 120 valence electrons. The number of rotatable bonds is 6. The van der Waals surface area contributed by atoms with Crippen LogP contribution in [0.1, 0.15) is 40.0 Å². The van der Waals surface area contributed by atoms with Crippen molar-refractivity contribution >= 4 is 22.8 Å². The Kier molecular flexibility index (Phi) is 4.75. The third-order valence-corrected chi connectivity index (χ3v) is 3.90. The van der Waals surface area contributed by atoms with Crippen molar-refractivity contribution < 1.29 is 9.50 Å². The minimum Gasteiger partial charge on any atom is -0.391 e. The van der Waals surface area contributed by atoms with Gasteiger partial charge in [-0.1, -0.05) is 19.8 Å². The van der Waals surface area contributed by atoms with Crippen LogP contribution < -0.4 is 11.1 Å². The van der Waals surface area contributed by atoms with Gasteiger partial charge in [-0.05, 0) is 20.3 Å². The molecular formula is C15H22FN5O. The van der Waals surface area contributed by atoms with Crippen LogP contribution in [-0.2, 0) is 0 Å². The van der Waals surface area contributed by atoms with Gasteiger partial charge in [-0.3, -0.25) is 0 Å². The van der Waals surface area contributed by atoms with Crippen LogP contribution in [0.2, 0.25) is 0 Å². The molecule has 0 saturated carbocycles. The molecule has 0 aliphatic heterocycles. The smallest absolute Gasteiger partial charge is 0.222 e. The van der Waals surface area contributed by atoms with E-state index in [0.717, 1.165) is 25.5 Å². The molecule has 0 radical (unpaired) electrons. The van der Waals surface area contributed by atoms with Crippen LogP contribution in [0.15, 0.2) is 12.3 Å². The fourth-order valence-corrected chi connectivity index (χ4v) is 2.29. The van der Waals surface area contributed by atoms with Gasteiger partial charge in [-0.15, -0.1) is 0 Å². The Bertz CT molecular complexity index is 658. The van der Waals surface area contributed by atoms with Crippen LogP contribution in [0.25, 0.3) is 11.0 Å². The second-order valence-electron chi connectivity index (χ2n) is 5.77. The molecule has 7 heteroatoms. The van der Waals surface area contributed by atoms with E-state index in [1.807, 2.05) is 6.92 Å². The second-order valence-corrected chi connectivity index (χ2v) is 5.77. The number of unbranched alkanes of at least 4 members (excludes halogenated alkanes) is 1. The number of aliphatic hydroxyl groups is 1. The standard InChI is InChI=1S/C15H22FN5O/c1-4-5-6-15(3,9(2)22)21-13-12-11(19-14(17)20-13)7-10(16)8-18-12/h7-9,22H,4-6H2,1-3H3,(H3,17,19,20,21)/t9-,15?/m1/s1. The van der Waals surface area contributed by atoms with E-state index in [9.17, 15) is 9.50 Å². The first kappa shape index (κ1) is 16.4. The highest BCUT2D eigenvalue weighted by Crippen LogP contribution is 2.27. The highest BCUT2D eigenvalue weighted by atomic mass is 19.1. The van der Waals surface area contributed by atoms with Crippen molar-refractivity contribution in [2.75, 3.05) is 11.1 Å². The molecule has 2 atom stereocenters. The number of aliphatic hydroxyl groups excluding tert-OH is 1. The van der Waals surface area contributed by atoms with E-state index in [1.165, 1.54) is 6.07 Å². The normalized spacial score (nSPS) is 15.5. The van der Waals surface area contributed by atoms with Gasteiger partial charge >= 0.3 is 0 Å². The van der Waals surface area contributed by atoms with Crippen LogP contribution in [-0.4, -0.2) is 31.7 Å². The van der Waals surface area contributed by atoms with Crippen molar-refractivity contribution in [2.24, 2.45) is 0 Å². The molecule has 6 nitrogen and oxygen atoms in total. The molecular weight excluding hydrogens is 285 g/mol. The average molecular weight is 307 g/mol. The molecule has 0 bridgehead atoms. The maximum absolute atomic E-state index is 13.3. The fourth-order valence-electron chi connectivity index (χ4n) is 2.29. The molecule has 1 unspecified atom stereocenters. The van der Waals surface area contributed by atoms with Crippen molar-refractivity contribution in [3.63, 3.8) is 0 Å². The molecule has 2 heterocycles. The number of fused-ring (bicyclic) bond motifs is 1. The number of nitrogens with zero attached hydrogens (tertiary/aromatic N) is 3. The number of pyridine rings is 1. The summed E-state index contributed by atoms with van der Waals surface area (Å²) in [6, 6.07) is 1.26. The molecule has 22 heavy (non-hydrogen) atoms. The zero-order chi connectivity index (χ0) is 16.3. The van der Waals surface area contributed by atoms with Crippen molar-refractivity contribution in [2.45, 2.75) is 51.7 Å². The van der Waals surface area contributed by atoms with Gasteiger partial charge in [0.1, 0.15) is 11.3 Å². The lowest BCUT2D eigenvalue weighted by Crippen LogP contribution is -2.45. The molecule has 0 aromatic carbocycles. The van der Waals surface area contributed by atoms with Gasteiger partial charge in [0, 0.05) is 6.07 Å². The molecule has 0 aliphatic rings. The Morgan fingerprint density at radius 3 is 2.82 bits per heavy atom. The lowest BCUT2D eigenvalue weighted by atomic mass is 9.89. The third-order valence-electron chi connectivity index (χ3n) is 3.90. The lowest BCUT2D eigenvalue weighted by Gasteiger charge is -2.34. The van der Waals surface area contributed by atoms with Gasteiger partial charge in [-0.2, -0.15) is 4.98 Å². The first-order valence-electron chi connectivity index (χ1n) is 7.40. The SMILES string of the molecule is CCCCC(C)(Nc1nc(N)nc2cc(F)cnc12)[C@@H](C)O. The van der Waals surface area contributed by atoms with Gasteiger partial charge in [0.25, 0.3) is 0 Å². The first-order valence-corrected chi connectivity index (χ1v) is 7.40. The maximum atomic E-state index is 13.3. The van der Waals surface area contributed by atoms with E-state index >= 15 is 0 Å². The van der Waals surface area contributed by atoms with Crippen molar-refractivity contribution in [1.29, 1.82) is 0 Å². The number of hydrogen-bond donors (Lipinski definition) is 3. The maximum Gasteiger partial charge on any atom is 0.222 e. The summed E-state index contributed by atoms with van der Waals surface area (Å²) in [5, 5.41) is 13.4. The Hall–Kier alpha value is -2.02. The zero-order valence-corrected chi connectivity index (χ0v) is 13.1. The van der Waals surface area contributed by atoms with Gasteiger partial charge < -0.3 is 16.2 Å². The molecule has 0 amide bonds. The zero-order valence-electron chi connectivity index (χ0n) is 13.1. The van der Waals surface area contributed by atoms with Gasteiger partial charge in [-0.25, -0.2) is 14.4 Å². The molecule has 2 aromatic heterocycles.